The van der Waals surface area contributed by atoms with E-state index >= 15 is 0 Å². The van der Waals surface area contributed by atoms with Gasteiger partial charge >= 0.3 is 0 Å². The van der Waals surface area contributed by atoms with Crippen LogP contribution in [0.1, 0.15) is 17.4 Å². The molecule has 3 aromatic rings. The number of hydrogen-bond donors (Lipinski definition) is 1. The van der Waals surface area contributed by atoms with Gasteiger partial charge < -0.3 is 5.32 Å². The maximum Gasteiger partial charge on any atom is 0.276 e. The Labute approximate surface area is 129 Å². The number of rotatable bonds is 4. The van der Waals surface area contributed by atoms with Crippen LogP contribution in [0.3, 0.4) is 0 Å². The number of carbonyl (C=O) groups excluding carboxylic acids is 1. The van der Waals surface area contributed by atoms with E-state index in [4.69, 9.17) is 0 Å². The molecule has 0 aliphatic heterocycles. The number of aryl methyl sites for hydroxylation is 1. The average molecular weight is 291 g/mol. The van der Waals surface area contributed by atoms with E-state index in [-0.39, 0.29) is 5.91 Å². The number of nitrogens with zero attached hydrogens (tertiary/aromatic N) is 2. The van der Waals surface area contributed by atoms with Crippen LogP contribution in [0.5, 0.6) is 0 Å². The Bertz CT molecular complexity index is 761. The SMILES string of the molecule is CCn1ccc(C(=O)Nc2ccc(-c3ccccc3)cc2)n1. The fourth-order valence-corrected chi connectivity index (χ4v) is 2.23. The van der Waals surface area contributed by atoms with Gasteiger partial charge in [-0.2, -0.15) is 5.10 Å². The first-order valence-electron chi connectivity index (χ1n) is 7.26. The van der Waals surface area contributed by atoms with Crippen molar-refractivity contribution < 1.29 is 4.79 Å². The van der Waals surface area contributed by atoms with Crippen LogP contribution in [0, 0.1) is 0 Å². The third-order valence-electron chi connectivity index (χ3n) is 3.45. The summed E-state index contributed by atoms with van der Waals surface area (Å²) in [7, 11) is 0. The van der Waals surface area contributed by atoms with Crippen molar-refractivity contribution in [3.8, 4) is 11.1 Å². The molecule has 4 heteroatoms. The molecule has 0 aliphatic rings. The lowest BCUT2D eigenvalue weighted by Crippen LogP contribution is -2.13. The minimum atomic E-state index is -0.195. The summed E-state index contributed by atoms with van der Waals surface area (Å²) in [6, 6.07) is 19.6. The zero-order valence-corrected chi connectivity index (χ0v) is 12.4. The summed E-state index contributed by atoms with van der Waals surface area (Å²) < 4.78 is 1.73. The summed E-state index contributed by atoms with van der Waals surface area (Å²) in [5.74, 6) is -0.195. The van der Waals surface area contributed by atoms with Crippen molar-refractivity contribution in [1.82, 2.24) is 9.78 Å². The molecule has 1 N–H and O–H groups in total. The Morgan fingerprint density at radius 1 is 1.00 bits per heavy atom. The van der Waals surface area contributed by atoms with Gasteiger partial charge in [0.15, 0.2) is 5.69 Å². The fraction of sp³-hybridized carbons (Fsp3) is 0.111. The number of aromatic nitrogens is 2. The van der Waals surface area contributed by atoms with Crippen LogP contribution in [-0.4, -0.2) is 15.7 Å². The van der Waals surface area contributed by atoms with Gasteiger partial charge in [0.2, 0.25) is 0 Å². The smallest absolute Gasteiger partial charge is 0.276 e. The number of amides is 1. The van der Waals surface area contributed by atoms with Gasteiger partial charge in [-0.15, -0.1) is 0 Å². The van der Waals surface area contributed by atoms with Crippen LogP contribution in [0.2, 0.25) is 0 Å². The monoisotopic (exact) mass is 291 g/mol. The molecule has 0 fully saturated rings. The molecule has 3 rings (SSSR count). The molecule has 0 radical (unpaired) electrons. The molecule has 0 aliphatic carbocycles. The molecule has 0 saturated heterocycles. The van der Waals surface area contributed by atoms with Crippen molar-refractivity contribution in [2.75, 3.05) is 5.32 Å². The number of anilines is 1. The Morgan fingerprint density at radius 3 is 2.32 bits per heavy atom. The van der Waals surface area contributed by atoms with Crippen molar-refractivity contribution >= 4 is 11.6 Å². The Kier molecular flexibility index (Phi) is 4.01. The summed E-state index contributed by atoms with van der Waals surface area (Å²) in [5, 5.41) is 7.05. The molecule has 0 bridgehead atoms. The quantitative estimate of drug-likeness (QED) is 0.794. The van der Waals surface area contributed by atoms with Gasteiger partial charge in [-0.3, -0.25) is 9.48 Å². The van der Waals surface area contributed by atoms with Crippen LogP contribution in [0.4, 0.5) is 5.69 Å². The van der Waals surface area contributed by atoms with Crippen LogP contribution >= 0.6 is 0 Å². The lowest BCUT2D eigenvalue weighted by atomic mass is 10.1. The molecule has 1 aromatic heterocycles. The first kappa shape index (κ1) is 14.1. The van der Waals surface area contributed by atoms with E-state index in [0.717, 1.165) is 23.4 Å². The van der Waals surface area contributed by atoms with Crippen LogP contribution in [-0.2, 0) is 6.54 Å². The van der Waals surface area contributed by atoms with Crippen molar-refractivity contribution in [3.63, 3.8) is 0 Å². The molecule has 0 unspecified atom stereocenters. The maximum atomic E-state index is 12.1. The normalized spacial score (nSPS) is 10.4. The molecular weight excluding hydrogens is 274 g/mol. The third kappa shape index (κ3) is 3.06. The molecule has 2 aromatic carbocycles. The second-order valence-electron chi connectivity index (χ2n) is 4.95. The Morgan fingerprint density at radius 2 is 1.68 bits per heavy atom. The number of benzene rings is 2. The highest BCUT2D eigenvalue weighted by molar-refractivity contribution is 6.02. The summed E-state index contributed by atoms with van der Waals surface area (Å²) in [4.78, 5) is 12.1. The predicted molar refractivity (Wildman–Crippen MR) is 87.7 cm³/mol. The van der Waals surface area contributed by atoms with Gasteiger partial charge in [0.05, 0.1) is 0 Å². The maximum absolute atomic E-state index is 12.1. The molecule has 0 spiro atoms. The first-order valence-corrected chi connectivity index (χ1v) is 7.26. The lowest BCUT2D eigenvalue weighted by Gasteiger charge is -2.05. The molecule has 1 amide bonds. The molecule has 4 nitrogen and oxygen atoms in total. The van der Waals surface area contributed by atoms with Crippen molar-refractivity contribution in [2.45, 2.75) is 13.5 Å². The molecule has 0 saturated carbocycles. The van der Waals surface area contributed by atoms with Crippen molar-refractivity contribution in [3.05, 3.63) is 72.6 Å². The van der Waals surface area contributed by atoms with Gasteiger partial charge in [-0.05, 0) is 36.2 Å². The van der Waals surface area contributed by atoms with E-state index in [2.05, 4.69) is 22.5 Å². The van der Waals surface area contributed by atoms with Gasteiger partial charge in [0.25, 0.3) is 5.91 Å². The second-order valence-corrected chi connectivity index (χ2v) is 4.95. The third-order valence-corrected chi connectivity index (χ3v) is 3.45. The van der Waals surface area contributed by atoms with E-state index in [1.54, 1.807) is 16.9 Å². The summed E-state index contributed by atoms with van der Waals surface area (Å²) in [6.07, 6.45) is 1.80. The summed E-state index contributed by atoms with van der Waals surface area (Å²) >= 11 is 0. The molecule has 22 heavy (non-hydrogen) atoms. The van der Waals surface area contributed by atoms with Crippen LogP contribution in [0.15, 0.2) is 66.9 Å². The fourth-order valence-electron chi connectivity index (χ4n) is 2.23. The van der Waals surface area contributed by atoms with Crippen molar-refractivity contribution in [2.24, 2.45) is 0 Å². The Hall–Kier alpha value is -2.88. The standard InChI is InChI=1S/C18H17N3O/c1-2-21-13-12-17(20-21)18(22)19-16-10-8-15(9-11-16)14-6-4-3-5-7-14/h3-13H,2H2,1H3,(H,19,22). The van der Waals surface area contributed by atoms with Crippen LogP contribution in [0.25, 0.3) is 11.1 Å². The summed E-state index contributed by atoms with van der Waals surface area (Å²) in [6.45, 7) is 2.73. The highest BCUT2D eigenvalue weighted by Crippen LogP contribution is 2.21. The van der Waals surface area contributed by atoms with Gasteiger partial charge in [-0.1, -0.05) is 42.5 Å². The van der Waals surface area contributed by atoms with Gasteiger partial charge in [0, 0.05) is 18.4 Å². The minimum Gasteiger partial charge on any atom is -0.321 e. The van der Waals surface area contributed by atoms with E-state index in [9.17, 15) is 4.79 Å². The molecule has 1 heterocycles. The van der Waals surface area contributed by atoms with Gasteiger partial charge in [0.1, 0.15) is 0 Å². The molecule has 110 valence electrons. The molecule has 0 atom stereocenters. The largest absolute Gasteiger partial charge is 0.321 e. The van der Waals surface area contributed by atoms with E-state index in [1.165, 1.54) is 0 Å². The highest BCUT2D eigenvalue weighted by Gasteiger charge is 2.09. The minimum absolute atomic E-state index is 0.195. The predicted octanol–water partition coefficient (Wildman–Crippen LogP) is 3.82. The zero-order valence-electron chi connectivity index (χ0n) is 12.4. The average Bonchev–Trinajstić information content (AvgIpc) is 3.06. The number of hydrogen-bond acceptors (Lipinski definition) is 2. The molecular formula is C18H17N3O. The number of carbonyl (C=O) groups is 1. The second kappa shape index (κ2) is 6.26. The van der Waals surface area contributed by atoms with Crippen molar-refractivity contribution in [1.29, 1.82) is 0 Å². The Balaban J connectivity index is 1.72. The summed E-state index contributed by atoms with van der Waals surface area (Å²) in [5.41, 5.74) is 3.46. The topological polar surface area (TPSA) is 46.9 Å². The lowest BCUT2D eigenvalue weighted by molar-refractivity contribution is 0.102. The highest BCUT2D eigenvalue weighted by atomic mass is 16.1. The number of nitrogens with one attached hydrogen (secondary N) is 1. The first-order chi connectivity index (χ1) is 10.8. The zero-order chi connectivity index (χ0) is 15.4. The van der Waals surface area contributed by atoms with Crippen LogP contribution < -0.4 is 5.32 Å². The van der Waals surface area contributed by atoms with E-state index in [0.29, 0.717) is 5.69 Å². The van der Waals surface area contributed by atoms with Gasteiger partial charge in [-0.25, -0.2) is 0 Å². The van der Waals surface area contributed by atoms with E-state index < -0.39 is 0 Å². The van der Waals surface area contributed by atoms with E-state index in [1.807, 2.05) is 49.4 Å².